The smallest absolute Gasteiger partial charge is 0.331 e. The zero-order chi connectivity index (χ0) is 13.5. The minimum Gasteiger partial charge on any atom is -0.478 e. The van der Waals surface area contributed by atoms with Gasteiger partial charge >= 0.3 is 5.97 Å². The topological polar surface area (TPSA) is 46.5 Å². The maximum atomic E-state index is 11.2. The van der Waals surface area contributed by atoms with Gasteiger partial charge in [0.15, 0.2) is 0 Å². The first-order chi connectivity index (χ1) is 8.54. The largest absolute Gasteiger partial charge is 0.478 e. The second-order valence-corrected chi connectivity index (χ2v) is 8.77. The van der Waals surface area contributed by atoms with Gasteiger partial charge in [0.25, 0.3) is 0 Å². The molecule has 1 aliphatic heterocycles. The van der Waals surface area contributed by atoms with Crippen LogP contribution in [0, 0.1) is 5.92 Å². The van der Waals surface area contributed by atoms with Gasteiger partial charge in [0, 0.05) is 17.9 Å². The highest BCUT2D eigenvalue weighted by molar-refractivity contribution is 6.57. The van der Waals surface area contributed by atoms with E-state index in [0.29, 0.717) is 23.6 Å². The lowest BCUT2D eigenvalue weighted by molar-refractivity contribution is -0.132. The summed E-state index contributed by atoms with van der Waals surface area (Å²) >= 11 is 0. The molecule has 104 valence electrons. The van der Waals surface area contributed by atoms with Crippen LogP contribution in [0.1, 0.15) is 39.0 Å². The second kappa shape index (κ2) is 7.74. The third kappa shape index (κ3) is 4.94. The number of carboxylic acid groups (broad SMARTS) is 1. The second-order valence-electron chi connectivity index (χ2n) is 5.54. The highest BCUT2D eigenvalue weighted by Gasteiger charge is 2.25. The Hall–Kier alpha value is -0.613. The third-order valence-corrected chi connectivity index (χ3v) is 5.56. The van der Waals surface area contributed by atoms with E-state index in [-0.39, 0.29) is 0 Å². The van der Waals surface area contributed by atoms with E-state index in [1.54, 1.807) is 0 Å². The predicted octanol–water partition coefficient (Wildman–Crippen LogP) is 3.01. The molecule has 2 unspecified atom stereocenters. The normalized spacial score (nSPS) is 25.4. The van der Waals surface area contributed by atoms with Crippen LogP contribution in [-0.2, 0) is 9.53 Å². The van der Waals surface area contributed by atoms with Gasteiger partial charge in [-0.1, -0.05) is 32.5 Å². The quantitative estimate of drug-likeness (QED) is 0.596. The van der Waals surface area contributed by atoms with E-state index < -0.39 is 14.8 Å². The molecule has 0 aromatic carbocycles. The fraction of sp³-hybridized carbons (Fsp3) is 0.786. The molecule has 0 aliphatic carbocycles. The van der Waals surface area contributed by atoms with Gasteiger partial charge in [-0.25, -0.2) is 4.79 Å². The molecular formula is C14H26O3Si. The van der Waals surface area contributed by atoms with Gasteiger partial charge in [-0.05, 0) is 31.6 Å². The average molecular weight is 270 g/mol. The third-order valence-electron chi connectivity index (χ3n) is 3.61. The number of ether oxygens (including phenoxy) is 1. The summed E-state index contributed by atoms with van der Waals surface area (Å²) < 4.78 is 5.78. The highest BCUT2D eigenvalue weighted by Crippen LogP contribution is 2.25. The molecule has 1 saturated heterocycles. The Morgan fingerprint density at radius 3 is 2.78 bits per heavy atom. The molecule has 1 heterocycles. The van der Waals surface area contributed by atoms with E-state index in [9.17, 15) is 9.90 Å². The first kappa shape index (κ1) is 15.4. The molecule has 0 amide bonds. The van der Waals surface area contributed by atoms with Crippen LogP contribution in [0.5, 0.6) is 0 Å². The number of allylic oxidation sites excluding steroid dienone is 1. The van der Waals surface area contributed by atoms with Gasteiger partial charge in [-0.15, -0.1) is 0 Å². The molecule has 0 bridgehead atoms. The van der Waals surface area contributed by atoms with Gasteiger partial charge in [-0.3, -0.25) is 0 Å². The number of unbranched alkanes of at least 4 members (excludes halogenated alkanes) is 1. The van der Waals surface area contributed by atoms with Crippen LogP contribution in [0.2, 0.25) is 13.1 Å². The first-order valence-corrected chi connectivity index (χ1v) is 10.1. The number of aliphatic carboxylic acids is 1. The van der Waals surface area contributed by atoms with Gasteiger partial charge in [0.2, 0.25) is 0 Å². The number of rotatable bonds is 6. The summed E-state index contributed by atoms with van der Waals surface area (Å²) in [6, 6.07) is 0. The van der Waals surface area contributed by atoms with Crippen molar-refractivity contribution in [2.45, 2.75) is 57.8 Å². The minimum atomic E-state index is -0.781. The lowest BCUT2D eigenvalue weighted by Gasteiger charge is -2.30. The fourth-order valence-electron chi connectivity index (χ4n) is 2.38. The van der Waals surface area contributed by atoms with Crippen LogP contribution in [0.15, 0.2) is 11.6 Å². The van der Waals surface area contributed by atoms with Gasteiger partial charge in [0.1, 0.15) is 0 Å². The Bertz CT molecular complexity index is 299. The molecule has 0 aromatic heterocycles. The number of carbonyl (C=O) groups is 1. The van der Waals surface area contributed by atoms with Crippen molar-refractivity contribution >= 4 is 14.8 Å². The fourth-order valence-corrected chi connectivity index (χ4v) is 3.80. The Balaban J connectivity index is 2.63. The summed E-state index contributed by atoms with van der Waals surface area (Å²) in [4.78, 5) is 11.2. The molecule has 1 aliphatic rings. The Morgan fingerprint density at radius 2 is 2.22 bits per heavy atom. The standard InChI is InChI=1S/C14H26O3Si/c1-4-5-6-12(14(15)16)9-11-7-8-17-13(10-11)18(2)3/h9,11,13,18H,4-8,10H2,1-3H3,(H,15,16). The van der Waals surface area contributed by atoms with Gasteiger partial charge in [0.05, 0.1) is 8.80 Å². The van der Waals surface area contributed by atoms with Gasteiger partial charge in [-0.2, -0.15) is 0 Å². The Morgan fingerprint density at radius 1 is 1.50 bits per heavy atom. The number of carboxylic acids is 1. The molecule has 0 aromatic rings. The summed E-state index contributed by atoms with van der Waals surface area (Å²) in [5.41, 5.74) is 1.02. The molecule has 1 fully saturated rings. The molecule has 1 rings (SSSR count). The van der Waals surface area contributed by atoms with Crippen molar-refractivity contribution in [2.24, 2.45) is 5.92 Å². The molecule has 1 N–H and O–H groups in total. The Kier molecular flexibility index (Phi) is 6.64. The van der Waals surface area contributed by atoms with Gasteiger partial charge < -0.3 is 9.84 Å². The highest BCUT2D eigenvalue weighted by atomic mass is 28.3. The van der Waals surface area contributed by atoms with Crippen molar-refractivity contribution in [3.05, 3.63) is 11.6 Å². The molecule has 3 nitrogen and oxygen atoms in total. The van der Waals surface area contributed by atoms with Crippen molar-refractivity contribution in [3.63, 3.8) is 0 Å². The molecule has 4 heteroatoms. The predicted molar refractivity (Wildman–Crippen MR) is 76.6 cm³/mol. The summed E-state index contributed by atoms with van der Waals surface area (Å²) in [7, 11) is -0.781. The van der Waals surface area contributed by atoms with Crippen molar-refractivity contribution in [2.75, 3.05) is 6.61 Å². The van der Waals surface area contributed by atoms with E-state index >= 15 is 0 Å². The van der Waals surface area contributed by atoms with Crippen LogP contribution < -0.4 is 0 Å². The SMILES string of the molecule is CCCCC(=CC1CCOC([SiH](C)C)C1)C(=O)O. The molecule has 2 atom stereocenters. The van der Waals surface area contributed by atoms with E-state index in [1.165, 1.54) is 0 Å². The van der Waals surface area contributed by atoms with E-state index in [4.69, 9.17) is 4.74 Å². The van der Waals surface area contributed by atoms with Crippen LogP contribution in [0.3, 0.4) is 0 Å². The van der Waals surface area contributed by atoms with Crippen LogP contribution in [0.4, 0.5) is 0 Å². The maximum Gasteiger partial charge on any atom is 0.331 e. The van der Waals surface area contributed by atoms with Crippen LogP contribution in [0.25, 0.3) is 0 Å². The first-order valence-electron chi connectivity index (χ1n) is 7.10. The van der Waals surface area contributed by atoms with Crippen molar-refractivity contribution in [3.8, 4) is 0 Å². The number of hydrogen-bond donors (Lipinski definition) is 1. The zero-order valence-corrected chi connectivity index (χ0v) is 13.0. The van der Waals surface area contributed by atoms with Crippen LogP contribution >= 0.6 is 0 Å². The summed E-state index contributed by atoms with van der Waals surface area (Å²) in [5.74, 6) is -0.338. The lowest BCUT2D eigenvalue weighted by Crippen LogP contribution is -2.34. The van der Waals surface area contributed by atoms with Crippen molar-refractivity contribution < 1.29 is 14.6 Å². The maximum absolute atomic E-state index is 11.2. The van der Waals surface area contributed by atoms with E-state index in [2.05, 4.69) is 20.0 Å². The molecular weight excluding hydrogens is 244 g/mol. The lowest BCUT2D eigenvalue weighted by atomic mass is 9.95. The summed E-state index contributed by atoms with van der Waals surface area (Å²) in [6.07, 6.45) is 6.70. The molecule has 18 heavy (non-hydrogen) atoms. The van der Waals surface area contributed by atoms with Crippen molar-refractivity contribution in [1.82, 2.24) is 0 Å². The Labute approximate surface area is 112 Å². The molecule has 0 radical (unpaired) electrons. The van der Waals surface area contributed by atoms with Crippen molar-refractivity contribution in [1.29, 1.82) is 0 Å². The molecule has 0 saturated carbocycles. The number of hydrogen-bond acceptors (Lipinski definition) is 2. The minimum absolute atomic E-state index is 0.404. The summed E-state index contributed by atoms with van der Waals surface area (Å²) in [6.45, 7) is 7.48. The average Bonchev–Trinajstić information content (AvgIpc) is 2.34. The zero-order valence-electron chi connectivity index (χ0n) is 11.8. The van der Waals surface area contributed by atoms with E-state index in [0.717, 1.165) is 32.3 Å². The summed E-state index contributed by atoms with van der Waals surface area (Å²) in [5, 5.41) is 9.21. The van der Waals surface area contributed by atoms with E-state index in [1.807, 2.05) is 6.08 Å². The van der Waals surface area contributed by atoms with Crippen LogP contribution in [-0.4, -0.2) is 32.2 Å². The molecule has 0 spiro atoms. The monoisotopic (exact) mass is 270 g/mol.